The largest absolute Gasteiger partial charge is 0.346 e. The van der Waals surface area contributed by atoms with Crippen LogP contribution in [0.4, 0.5) is 0 Å². The minimum Gasteiger partial charge on any atom is -0.346 e. The Hall–Kier alpha value is -1.54. The summed E-state index contributed by atoms with van der Waals surface area (Å²) in [6, 6.07) is 13.1. The molecule has 2 nitrogen and oxygen atoms in total. The molecule has 0 bridgehead atoms. The van der Waals surface area contributed by atoms with Gasteiger partial charge in [-0.1, -0.05) is 45.0 Å². The van der Waals surface area contributed by atoms with Crippen LogP contribution in [0.5, 0.6) is 0 Å². The van der Waals surface area contributed by atoms with E-state index in [9.17, 15) is 0 Å². The Bertz CT molecular complexity index is 475. The van der Waals surface area contributed by atoms with E-state index in [0.29, 0.717) is 6.54 Å². The monoisotopic (exact) mass is 242 g/mol. The van der Waals surface area contributed by atoms with Crippen LogP contribution in [0.2, 0.25) is 0 Å². The number of hydrogen-bond donors (Lipinski definition) is 1. The second-order valence-corrected chi connectivity index (χ2v) is 5.75. The van der Waals surface area contributed by atoms with Gasteiger partial charge in [0.1, 0.15) is 0 Å². The second kappa shape index (κ2) is 4.99. The summed E-state index contributed by atoms with van der Waals surface area (Å²) in [5, 5.41) is 0. The molecule has 2 heteroatoms. The molecule has 0 aliphatic rings. The van der Waals surface area contributed by atoms with Gasteiger partial charge in [0.25, 0.3) is 0 Å². The first-order chi connectivity index (χ1) is 8.52. The number of nitrogens with zero attached hydrogens (tertiary/aromatic N) is 1. The van der Waals surface area contributed by atoms with Gasteiger partial charge in [-0.25, -0.2) is 0 Å². The van der Waals surface area contributed by atoms with E-state index >= 15 is 0 Å². The van der Waals surface area contributed by atoms with Crippen LogP contribution >= 0.6 is 0 Å². The highest BCUT2D eigenvalue weighted by molar-refractivity contribution is 5.30. The van der Waals surface area contributed by atoms with Crippen molar-refractivity contribution in [1.29, 1.82) is 0 Å². The fourth-order valence-corrected chi connectivity index (χ4v) is 2.19. The van der Waals surface area contributed by atoms with E-state index in [1.54, 1.807) is 0 Å². The molecular formula is C16H22N2. The molecule has 0 saturated heterocycles. The van der Waals surface area contributed by atoms with Crippen molar-refractivity contribution in [2.45, 2.75) is 32.2 Å². The van der Waals surface area contributed by atoms with E-state index in [1.165, 1.54) is 11.1 Å². The van der Waals surface area contributed by atoms with Gasteiger partial charge >= 0.3 is 0 Å². The zero-order chi connectivity index (χ0) is 13.2. The maximum absolute atomic E-state index is 5.90. The lowest BCUT2D eigenvalue weighted by atomic mass is 9.86. The van der Waals surface area contributed by atoms with Crippen molar-refractivity contribution in [2.24, 2.45) is 5.73 Å². The highest BCUT2D eigenvalue weighted by atomic mass is 15.0. The first-order valence-electron chi connectivity index (χ1n) is 6.45. The van der Waals surface area contributed by atoms with Crippen LogP contribution in [0.25, 0.3) is 0 Å². The van der Waals surface area contributed by atoms with Crippen LogP contribution in [0.1, 0.15) is 37.9 Å². The van der Waals surface area contributed by atoms with Gasteiger partial charge in [-0.05, 0) is 28.7 Å². The van der Waals surface area contributed by atoms with Crippen LogP contribution in [0.3, 0.4) is 0 Å². The normalized spacial score (nSPS) is 13.6. The van der Waals surface area contributed by atoms with E-state index in [4.69, 9.17) is 5.73 Å². The molecule has 1 heterocycles. The van der Waals surface area contributed by atoms with Gasteiger partial charge in [0, 0.05) is 18.9 Å². The molecule has 96 valence electrons. The predicted octanol–water partition coefficient (Wildman–Crippen LogP) is 3.33. The Labute approximate surface area is 109 Å². The van der Waals surface area contributed by atoms with E-state index < -0.39 is 0 Å². The predicted molar refractivity (Wildman–Crippen MR) is 76.8 cm³/mol. The van der Waals surface area contributed by atoms with Crippen LogP contribution in [0.15, 0.2) is 48.8 Å². The van der Waals surface area contributed by atoms with Crippen molar-refractivity contribution < 1.29 is 0 Å². The van der Waals surface area contributed by atoms with Crippen molar-refractivity contribution in [3.8, 4) is 0 Å². The maximum atomic E-state index is 5.90. The standard InChI is InChI=1S/C16H22N2/c1-16(2,3)14-8-6-13(7-9-14)15(12-17)18-10-4-5-11-18/h4-11,15H,12,17H2,1-3H3. The molecule has 2 rings (SSSR count). The van der Waals surface area contributed by atoms with Crippen LogP contribution in [-0.2, 0) is 5.41 Å². The zero-order valence-electron chi connectivity index (χ0n) is 11.4. The summed E-state index contributed by atoms with van der Waals surface area (Å²) >= 11 is 0. The van der Waals surface area contributed by atoms with Gasteiger partial charge in [0.2, 0.25) is 0 Å². The number of rotatable bonds is 3. The summed E-state index contributed by atoms with van der Waals surface area (Å²) in [6.07, 6.45) is 4.13. The molecule has 1 atom stereocenters. The number of benzene rings is 1. The highest BCUT2D eigenvalue weighted by Gasteiger charge is 2.15. The van der Waals surface area contributed by atoms with Gasteiger partial charge in [-0.3, -0.25) is 0 Å². The highest BCUT2D eigenvalue weighted by Crippen LogP contribution is 2.25. The third-order valence-electron chi connectivity index (χ3n) is 3.37. The van der Waals surface area contributed by atoms with Gasteiger partial charge in [0.15, 0.2) is 0 Å². The Kier molecular flexibility index (Phi) is 3.58. The average molecular weight is 242 g/mol. The quantitative estimate of drug-likeness (QED) is 0.879. The summed E-state index contributed by atoms with van der Waals surface area (Å²) in [6.45, 7) is 7.31. The molecule has 0 radical (unpaired) electrons. The zero-order valence-corrected chi connectivity index (χ0v) is 11.4. The van der Waals surface area contributed by atoms with Crippen LogP contribution in [-0.4, -0.2) is 11.1 Å². The first-order valence-corrected chi connectivity index (χ1v) is 6.45. The topological polar surface area (TPSA) is 30.9 Å². The van der Waals surface area contributed by atoms with Crippen molar-refractivity contribution in [1.82, 2.24) is 4.57 Å². The number of aromatic nitrogens is 1. The van der Waals surface area contributed by atoms with Crippen molar-refractivity contribution in [2.75, 3.05) is 6.54 Å². The molecule has 1 aromatic carbocycles. The summed E-state index contributed by atoms with van der Waals surface area (Å²) in [4.78, 5) is 0. The van der Waals surface area contributed by atoms with E-state index in [0.717, 1.165) is 0 Å². The summed E-state index contributed by atoms with van der Waals surface area (Å²) in [7, 11) is 0. The second-order valence-electron chi connectivity index (χ2n) is 5.75. The maximum Gasteiger partial charge on any atom is 0.0702 e. The van der Waals surface area contributed by atoms with Crippen LogP contribution < -0.4 is 5.73 Å². The molecule has 0 aliphatic carbocycles. The molecule has 1 aromatic heterocycles. The summed E-state index contributed by atoms with van der Waals surface area (Å²) in [5.74, 6) is 0. The molecule has 0 fully saturated rings. The Morgan fingerprint density at radius 3 is 2.06 bits per heavy atom. The molecule has 18 heavy (non-hydrogen) atoms. The third-order valence-corrected chi connectivity index (χ3v) is 3.37. The molecule has 0 saturated carbocycles. The van der Waals surface area contributed by atoms with Gasteiger partial charge < -0.3 is 10.3 Å². The van der Waals surface area contributed by atoms with Crippen molar-refractivity contribution in [3.63, 3.8) is 0 Å². The van der Waals surface area contributed by atoms with E-state index in [2.05, 4.69) is 62.0 Å². The minimum absolute atomic E-state index is 0.199. The molecule has 0 spiro atoms. The molecule has 0 amide bonds. The lowest BCUT2D eigenvalue weighted by Gasteiger charge is -2.22. The third kappa shape index (κ3) is 2.65. The van der Waals surface area contributed by atoms with E-state index in [-0.39, 0.29) is 11.5 Å². The molecule has 2 N–H and O–H groups in total. The SMILES string of the molecule is CC(C)(C)c1ccc(C(CN)n2cccc2)cc1. The fraction of sp³-hybridized carbons (Fsp3) is 0.375. The molecule has 1 unspecified atom stereocenters. The fourth-order valence-electron chi connectivity index (χ4n) is 2.19. The minimum atomic E-state index is 0.199. The molecule has 2 aromatic rings. The number of nitrogens with two attached hydrogens (primary N) is 1. The van der Waals surface area contributed by atoms with Gasteiger partial charge in [-0.2, -0.15) is 0 Å². The lowest BCUT2D eigenvalue weighted by Crippen LogP contribution is -2.19. The van der Waals surface area contributed by atoms with Crippen molar-refractivity contribution >= 4 is 0 Å². The summed E-state index contributed by atoms with van der Waals surface area (Å²) in [5.41, 5.74) is 8.72. The van der Waals surface area contributed by atoms with Gasteiger partial charge in [0.05, 0.1) is 6.04 Å². The van der Waals surface area contributed by atoms with Crippen LogP contribution in [0, 0.1) is 0 Å². The Morgan fingerprint density at radius 2 is 1.61 bits per heavy atom. The lowest BCUT2D eigenvalue weighted by molar-refractivity contribution is 0.582. The molecule has 0 aliphatic heterocycles. The Balaban J connectivity index is 2.28. The number of hydrogen-bond acceptors (Lipinski definition) is 1. The average Bonchev–Trinajstić information content (AvgIpc) is 2.83. The molecular weight excluding hydrogens is 220 g/mol. The smallest absolute Gasteiger partial charge is 0.0702 e. The Morgan fingerprint density at radius 1 is 1.06 bits per heavy atom. The van der Waals surface area contributed by atoms with Gasteiger partial charge in [-0.15, -0.1) is 0 Å². The first kappa shape index (κ1) is 12.9. The van der Waals surface area contributed by atoms with E-state index in [1.807, 2.05) is 12.1 Å². The van der Waals surface area contributed by atoms with Crippen molar-refractivity contribution in [3.05, 3.63) is 59.9 Å². The summed E-state index contributed by atoms with van der Waals surface area (Å²) < 4.78 is 2.16.